The van der Waals surface area contributed by atoms with Crippen molar-refractivity contribution in [2.75, 3.05) is 39.8 Å². The summed E-state index contributed by atoms with van der Waals surface area (Å²) in [6.45, 7) is 1.93. The highest BCUT2D eigenvalue weighted by Gasteiger charge is 2.47. The van der Waals surface area contributed by atoms with Crippen molar-refractivity contribution in [3.8, 4) is 23.0 Å². The van der Waals surface area contributed by atoms with Crippen LogP contribution in [0.4, 0.5) is 18.0 Å². The van der Waals surface area contributed by atoms with Gasteiger partial charge in [0.05, 0.1) is 6.04 Å². The lowest BCUT2D eigenvalue weighted by atomic mass is 9.95. The van der Waals surface area contributed by atoms with E-state index in [-0.39, 0.29) is 32.7 Å². The summed E-state index contributed by atoms with van der Waals surface area (Å²) in [5, 5.41) is 0. The molecule has 3 heterocycles. The van der Waals surface area contributed by atoms with E-state index >= 15 is 0 Å². The van der Waals surface area contributed by atoms with Gasteiger partial charge in [-0.15, -0.1) is 0 Å². The molecule has 2 aromatic rings. The molecule has 1 atom stereocenters. The monoisotopic (exact) mass is 508 g/mol. The average Bonchev–Trinajstić information content (AvgIpc) is 3.51. The van der Waals surface area contributed by atoms with Crippen LogP contribution in [-0.4, -0.2) is 73.7 Å². The molecule has 5 rings (SSSR count). The third kappa shape index (κ3) is 4.72. The molecule has 1 saturated heterocycles. The highest BCUT2D eigenvalue weighted by Crippen LogP contribution is 2.41. The number of ether oxygens (including phenoxy) is 5. The van der Waals surface area contributed by atoms with Gasteiger partial charge in [0.1, 0.15) is 0 Å². The number of hydrogen-bond donors (Lipinski definition) is 0. The van der Waals surface area contributed by atoms with E-state index in [9.17, 15) is 22.8 Å². The second-order valence-electron chi connectivity index (χ2n) is 8.57. The molecule has 1 fully saturated rings. The maximum Gasteiger partial charge on any atom is 0.432 e. The van der Waals surface area contributed by atoms with E-state index < -0.39 is 24.2 Å². The predicted octanol–water partition coefficient (Wildman–Crippen LogP) is 3.51. The number of amides is 1. The molecule has 0 bridgehead atoms. The number of carbonyl (C=O) groups excluding carboxylic acids is 2. The first-order valence-corrected chi connectivity index (χ1v) is 11.3. The van der Waals surface area contributed by atoms with Crippen molar-refractivity contribution in [3.05, 3.63) is 47.5 Å². The summed E-state index contributed by atoms with van der Waals surface area (Å²) in [4.78, 5) is 27.0. The Hall–Kier alpha value is -3.67. The first kappa shape index (κ1) is 24.0. The third-order valence-electron chi connectivity index (χ3n) is 6.25. The van der Waals surface area contributed by atoms with Gasteiger partial charge in [-0.25, -0.2) is 4.79 Å². The first-order chi connectivity index (χ1) is 17.2. The molecule has 0 aromatic heterocycles. The Bertz CT molecular complexity index is 1110. The van der Waals surface area contributed by atoms with E-state index in [0.717, 1.165) is 18.1 Å². The van der Waals surface area contributed by atoms with E-state index in [1.165, 1.54) is 4.90 Å². The van der Waals surface area contributed by atoms with Gasteiger partial charge in [0.15, 0.2) is 28.8 Å². The number of piperazine rings is 1. The first-order valence-electron chi connectivity index (χ1n) is 11.3. The molecule has 0 aliphatic carbocycles. The van der Waals surface area contributed by atoms with Crippen LogP contribution in [0.25, 0.3) is 0 Å². The molecule has 192 valence electrons. The molecule has 3 aliphatic rings. The zero-order chi connectivity index (χ0) is 25.4. The summed E-state index contributed by atoms with van der Waals surface area (Å²) in [5.74, 6) is 1.23. The largest absolute Gasteiger partial charge is 0.454 e. The van der Waals surface area contributed by atoms with E-state index in [4.69, 9.17) is 18.9 Å². The summed E-state index contributed by atoms with van der Waals surface area (Å²) in [7, 11) is 0. The van der Waals surface area contributed by atoms with Crippen LogP contribution in [0.3, 0.4) is 0 Å². The zero-order valence-electron chi connectivity index (χ0n) is 19.2. The highest BCUT2D eigenvalue weighted by atomic mass is 19.4. The molecule has 0 spiro atoms. The minimum Gasteiger partial charge on any atom is -0.454 e. The van der Waals surface area contributed by atoms with Crippen LogP contribution in [0.1, 0.15) is 24.1 Å². The van der Waals surface area contributed by atoms with Crippen molar-refractivity contribution < 1.29 is 46.4 Å². The Morgan fingerprint density at radius 3 is 1.81 bits per heavy atom. The van der Waals surface area contributed by atoms with E-state index in [1.54, 1.807) is 0 Å². The Kier molecular flexibility index (Phi) is 6.29. The van der Waals surface area contributed by atoms with Crippen LogP contribution in [0.15, 0.2) is 36.4 Å². The number of fused-ring (bicyclic) bond motifs is 2. The Morgan fingerprint density at radius 2 is 1.33 bits per heavy atom. The third-order valence-corrected chi connectivity index (χ3v) is 6.25. The molecule has 1 unspecified atom stereocenters. The number of rotatable bonds is 5. The molecular formula is C24H23F3N2O7. The molecule has 1 amide bonds. The molecule has 0 radical (unpaired) electrons. The maximum atomic E-state index is 13.1. The minimum atomic E-state index is -4.97. The smallest absolute Gasteiger partial charge is 0.432 e. The number of nitrogens with zero attached hydrogens (tertiary/aromatic N) is 2. The zero-order valence-corrected chi connectivity index (χ0v) is 19.2. The average molecular weight is 508 g/mol. The maximum absolute atomic E-state index is 13.1. The number of hydrogen-bond acceptors (Lipinski definition) is 8. The van der Waals surface area contributed by atoms with Gasteiger partial charge in [-0.3, -0.25) is 9.69 Å². The van der Waals surface area contributed by atoms with Crippen molar-refractivity contribution in [1.29, 1.82) is 0 Å². The normalized spacial score (nSPS) is 17.9. The topological polar surface area (TPSA) is 86.8 Å². The molecule has 12 heteroatoms. The quantitative estimate of drug-likeness (QED) is 0.607. The van der Waals surface area contributed by atoms with Crippen LogP contribution >= 0.6 is 0 Å². The Balaban J connectivity index is 1.35. The minimum absolute atomic E-state index is 0.118. The summed E-state index contributed by atoms with van der Waals surface area (Å²) in [6.07, 6.45) is -8.92. The molecule has 36 heavy (non-hydrogen) atoms. The Morgan fingerprint density at radius 1 is 0.833 bits per heavy atom. The van der Waals surface area contributed by atoms with Gasteiger partial charge in [0.25, 0.3) is 6.10 Å². The van der Waals surface area contributed by atoms with Crippen LogP contribution in [-0.2, 0) is 9.53 Å². The van der Waals surface area contributed by atoms with Crippen molar-refractivity contribution in [2.45, 2.75) is 25.2 Å². The number of carbonyl (C=O) groups is 2. The summed E-state index contributed by atoms with van der Waals surface area (Å²) in [5.41, 5.74) is 1.81. The Labute approximate surface area is 204 Å². The number of alkyl halides is 3. The van der Waals surface area contributed by atoms with Crippen molar-refractivity contribution in [2.24, 2.45) is 0 Å². The molecular weight excluding hydrogens is 485 g/mol. The second-order valence-corrected chi connectivity index (χ2v) is 8.57. The predicted molar refractivity (Wildman–Crippen MR) is 117 cm³/mol. The van der Waals surface area contributed by atoms with Crippen molar-refractivity contribution in [3.63, 3.8) is 0 Å². The molecule has 2 aromatic carbocycles. The highest BCUT2D eigenvalue weighted by molar-refractivity contribution is 5.84. The second kappa shape index (κ2) is 9.41. The van der Waals surface area contributed by atoms with E-state index in [1.807, 2.05) is 36.4 Å². The van der Waals surface area contributed by atoms with Crippen LogP contribution in [0, 0.1) is 0 Å². The fourth-order valence-electron chi connectivity index (χ4n) is 4.50. The van der Waals surface area contributed by atoms with E-state index in [2.05, 4.69) is 9.64 Å². The van der Waals surface area contributed by atoms with Gasteiger partial charge in [0, 0.05) is 26.2 Å². The van der Waals surface area contributed by atoms with Crippen molar-refractivity contribution >= 4 is 11.9 Å². The lowest BCUT2D eigenvalue weighted by molar-refractivity contribution is -0.204. The number of halogens is 3. The van der Waals surface area contributed by atoms with Gasteiger partial charge in [-0.05, 0) is 42.3 Å². The number of benzene rings is 2. The van der Waals surface area contributed by atoms with Crippen LogP contribution in [0.5, 0.6) is 23.0 Å². The van der Waals surface area contributed by atoms with Crippen molar-refractivity contribution in [1.82, 2.24) is 9.80 Å². The lowest BCUT2D eigenvalue weighted by Crippen LogP contribution is -2.52. The fourth-order valence-corrected chi connectivity index (χ4v) is 4.50. The summed E-state index contributed by atoms with van der Waals surface area (Å²) < 4.78 is 65.7. The number of Topliss-reactive ketones (excluding diaryl/α,β-unsaturated/α-hetero) is 1. The van der Waals surface area contributed by atoms with E-state index in [0.29, 0.717) is 36.1 Å². The number of ketones is 1. The van der Waals surface area contributed by atoms with Gasteiger partial charge < -0.3 is 28.6 Å². The van der Waals surface area contributed by atoms with Gasteiger partial charge in [-0.2, -0.15) is 13.2 Å². The lowest BCUT2D eigenvalue weighted by Gasteiger charge is -2.39. The van der Waals surface area contributed by atoms with Gasteiger partial charge in [-0.1, -0.05) is 12.1 Å². The fraction of sp³-hybridized carbons (Fsp3) is 0.417. The van der Waals surface area contributed by atoms with Gasteiger partial charge >= 0.3 is 12.3 Å². The molecule has 0 saturated carbocycles. The SMILES string of the molecule is CC(=O)C(OC(=O)N1CCN(C(c2ccc3c(c2)OCO3)c2ccc3c(c2)OCO3)CC1)C(F)(F)F. The summed E-state index contributed by atoms with van der Waals surface area (Å²) >= 11 is 0. The van der Waals surface area contributed by atoms with Gasteiger partial charge in [0.2, 0.25) is 13.6 Å². The molecule has 3 aliphatic heterocycles. The van der Waals surface area contributed by atoms with Crippen LogP contribution < -0.4 is 18.9 Å². The molecule has 0 N–H and O–H groups in total. The van der Waals surface area contributed by atoms with Crippen LogP contribution in [0.2, 0.25) is 0 Å². The summed E-state index contributed by atoms with van der Waals surface area (Å²) in [6, 6.07) is 11.0. The standard InChI is InChI=1S/C24H23F3N2O7/c1-14(30)22(24(25,26)27)36-23(31)29-8-6-28(7-9-29)21(15-2-4-17-19(10-15)34-12-32-17)16-3-5-18-20(11-16)35-13-33-18/h2-5,10-11,21-22H,6-9,12-13H2,1H3. The molecule has 9 nitrogen and oxygen atoms in total.